The normalized spacial score (nSPS) is 12.0. The Morgan fingerprint density at radius 2 is 1.95 bits per heavy atom. The number of benzene rings is 2. The lowest BCUT2D eigenvalue weighted by atomic mass is 10.1. The van der Waals surface area contributed by atoms with Crippen LogP contribution >= 0.6 is 0 Å². The molecule has 1 aromatic heterocycles. The SMILES string of the molecule is Cc1cc(F)ccc1-c1nc2c(S(C)(=O)=O)cccc2[nH]1. The Morgan fingerprint density at radius 1 is 1.19 bits per heavy atom. The lowest BCUT2D eigenvalue weighted by Crippen LogP contribution is -1.97. The van der Waals surface area contributed by atoms with Crippen LogP contribution in [0.15, 0.2) is 41.3 Å². The molecule has 1 N–H and O–H groups in total. The van der Waals surface area contributed by atoms with Crippen LogP contribution in [0, 0.1) is 12.7 Å². The monoisotopic (exact) mass is 304 g/mol. The van der Waals surface area contributed by atoms with Crippen molar-refractivity contribution in [1.82, 2.24) is 9.97 Å². The third kappa shape index (κ3) is 2.42. The molecule has 2 aromatic carbocycles. The Morgan fingerprint density at radius 3 is 2.62 bits per heavy atom. The van der Waals surface area contributed by atoms with Crippen LogP contribution in [0.25, 0.3) is 22.4 Å². The van der Waals surface area contributed by atoms with Gasteiger partial charge in [0.05, 0.1) is 10.4 Å². The lowest BCUT2D eigenvalue weighted by Gasteiger charge is -2.01. The Balaban J connectivity index is 2.27. The van der Waals surface area contributed by atoms with Gasteiger partial charge in [0.15, 0.2) is 9.84 Å². The molecule has 0 fully saturated rings. The summed E-state index contributed by atoms with van der Waals surface area (Å²) in [6, 6.07) is 9.35. The highest BCUT2D eigenvalue weighted by molar-refractivity contribution is 7.91. The van der Waals surface area contributed by atoms with E-state index in [9.17, 15) is 12.8 Å². The van der Waals surface area contributed by atoms with E-state index in [0.717, 1.165) is 17.4 Å². The third-order valence-corrected chi connectivity index (χ3v) is 4.45. The number of H-pyrrole nitrogens is 1. The van der Waals surface area contributed by atoms with Gasteiger partial charge in [0, 0.05) is 11.8 Å². The zero-order valence-corrected chi connectivity index (χ0v) is 12.3. The van der Waals surface area contributed by atoms with E-state index in [1.807, 2.05) is 0 Å². The maximum Gasteiger partial charge on any atom is 0.177 e. The summed E-state index contributed by atoms with van der Waals surface area (Å²) in [6.07, 6.45) is 1.15. The van der Waals surface area contributed by atoms with Crippen molar-refractivity contribution in [3.05, 3.63) is 47.8 Å². The predicted molar refractivity (Wildman–Crippen MR) is 79.3 cm³/mol. The van der Waals surface area contributed by atoms with Crippen molar-refractivity contribution in [3.8, 4) is 11.4 Å². The Hall–Kier alpha value is -2.21. The molecule has 0 amide bonds. The van der Waals surface area contributed by atoms with Crippen molar-refractivity contribution in [3.63, 3.8) is 0 Å². The van der Waals surface area contributed by atoms with Gasteiger partial charge in [-0.25, -0.2) is 17.8 Å². The van der Waals surface area contributed by atoms with Gasteiger partial charge in [-0.05, 0) is 42.8 Å². The molecule has 4 nitrogen and oxygen atoms in total. The van der Waals surface area contributed by atoms with E-state index in [1.165, 1.54) is 18.2 Å². The van der Waals surface area contributed by atoms with Crippen molar-refractivity contribution in [2.24, 2.45) is 0 Å². The van der Waals surface area contributed by atoms with Crippen molar-refractivity contribution >= 4 is 20.9 Å². The summed E-state index contributed by atoms with van der Waals surface area (Å²) in [5.41, 5.74) is 2.51. The smallest absolute Gasteiger partial charge is 0.177 e. The van der Waals surface area contributed by atoms with Gasteiger partial charge in [0.25, 0.3) is 0 Å². The van der Waals surface area contributed by atoms with E-state index in [2.05, 4.69) is 9.97 Å². The molecule has 0 saturated heterocycles. The van der Waals surface area contributed by atoms with Crippen molar-refractivity contribution in [2.75, 3.05) is 6.26 Å². The van der Waals surface area contributed by atoms with Crippen LogP contribution in [0.1, 0.15) is 5.56 Å². The molecule has 0 saturated carbocycles. The van der Waals surface area contributed by atoms with Gasteiger partial charge in [-0.1, -0.05) is 6.07 Å². The van der Waals surface area contributed by atoms with E-state index in [4.69, 9.17) is 0 Å². The number of hydrogen-bond donors (Lipinski definition) is 1. The summed E-state index contributed by atoms with van der Waals surface area (Å²) in [6.45, 7) is 1.78. The van der Waals surface area contributed by atoms with Crippen LogP contribution in [-0.2, 0) is 9.84 Å². The summed E-state index contributed by atoms with van der Waals surface area (Å²) in [5, 5.41) is 0. The maximum atomic E-state index is 13.2. The van der Waals surface area contributed by atoms with Crippen LogP contribution in [0.4, 0.5) is 4.39 Å². The zero-order valence-electron chi connectivity index (χ0n) is 11.5. The minimum atomic E-state index is -3.36. The van der Waals surface area contributed by atoms with Crippen LogP contribution < -0.4 is 0 Å². The van der Waals surface area contributed by atoms with Crippen LogP contribution in [-0.4, -0.2) is 24.6 Å². The number of aromatic nitrogens is 2. The van der Waals surface area contributed by atoms with E-state index in [-0.39, 0.29) is 10.7 Å². The van der Waals surface area contributed by atoms with Crippen LogP contribution in [0.2, 0.25) is 0 Å². The molecule has 0 atom stereocenters. The van der Waals surface area contributed by atoms with Gasteiger partial charge in [0.1, 0.15) is 17.2 Å². The minimum absolute atomic E-state index is 0.183. The number of rotatable bonds is 2. The number of aryl methyl sites for hydroxylation is 1. The Kier molecular flexibility index (Phi) is 3.06. The van der Waals surface area contributed by atoms with Gasteiger partial charge in [-0.15, -0.1) is 0 Å². The number of halogens is 1. The van der Waals surface area contributed by atoms with Gasteiger partial charge in [0.2, 0.25) is 0 Å². The molecule has 0 unspecified atom stereocenters. The number of para-hydroxylation sites is 1. The highest BCUT2D eigenvalue weighted by Gasteiger charge is 2.16. The topological polar surface area (TPSA) is 62.8 Å². The maximum absolute atomic E-state index is 13.2. The number of nitrogens with zero attached hydrogens (tertiary/aromatic N) is 1. The number of imidazole rings is 1. The van der Waals surface area contributed by atoms with Crippen molar-refractivity contribution in [2.45, 2.75) is 11.8 Å². The van der Waals surface area contributed by atoms with Crippen LogP contribution in [0.5, 0.6) is 0 Å². The summed E-state index contributed by atoms with van der Waals surface area (Å²) in [4.78, 5) is 7.65. The van der Waals surface area contributed by atoms with E-state index in [0.29, 0.717) is 16.9 Å². The highest BCUT2D eigenvalue weighted by atomic mass is 32.2. The van der Waals surface area contributed by atoms with Gasteiger partial charge < -0.3 is 4.98 Å². The molecule has 3 aromatic rings. The number of fused-ring (bicyclic) bond motifs is 1. The molecule has 21 heavy (non-hydrogen) atoms. The summed E-state index contributed by atoms with van der Waals surface area (Å²) >= 11 is 0. The molecule has 108 valence electrons. The fourth-order valence-electron chi connectivity index (χ4n) is 2.33. The Labute approximate surface area is 121 Å². The predicted octanol–water partition coefficient (Wildman–Crippen LogP) is 3.08. The second-order valence-corrected chi connectivity index (χ2v) is 6.95. The number of nitrogens with one attached hydrogen (secondary N) is 1. The molecule has 0 aliphatic rings. The first-order valence-electron chi connectivity index (χ1n) is 6.31. The van der Waals surface area contributed by atoms with Gasteiger partial charge in [-0.3, -0.25) is 0 Å². The molecule has 0 aliphatic carbocycles. The lowest BCUT2D eigenvalue weighted by molar-refractivity contribution is 0.602. The molecule has 0 spiro atoms. The van der Waals surface area contributed by atoms with Gasteiger partial charge in [-0.2, -0.15) is 0 Å². The Bertz CT molecular complexity index is 945. The molecular weight excluding hydrogens is 291 g/mol. The van der Waals surface area contributed by atoms with Crippen LogP contribution in [0.3, 0.4) is 0 Å². The van der Waals surface area contributed by atoms with Crippen molar-refractivity contribution in [1.29, 1.82) is 0 Å². The summed E-state index contributed by atoms with van der Waals surface area (Å²) < 4.78 is 36.8. The largest absolute Gasteiger partial charge is 0.338 e. The number of sulfone groups is 1. The standard InChI is InChI=1S/C15H13FN2O2S/c1-9-8-10(16)6-7-11(9)15-17-12-4-3-5-13(14(12)18-15)21(2,19)20/h3-8H,1-2H3,(H,17,18). The van der Waals surface area contributed by atoms with Crippen molar-refractivity contribution < 1.29 is 12.8 Å². The second kappa shape index (κ2) is 4.66. The van der Waals surface area contributed by atoms with E-state index < -0.39 is 9.84 Å². The fourth-order valence-corrected chi connectivity index (χ4v) is 3.16. The van der Waals surface area contributed by atoms with E-state index >= 15 is 0 Å². The third-order valence-electron chi connectivity index (χ3n) is 3.32. The first-order chi connectivity index (χ1) is 9.86. The highest BCUT2D eigenvalue weighted by Crippen LogP contribution is 2.27. The zero-order chi connectivity index (χ0) is 15.2. The molecule has 0 aliphatic heterocycles. The average Bonchev–Trinajstić information content (AvgIpc) is 2.80. The number of aromatic amines is 1. The first-order valence-corrected chi connectivity index (χ1v) is 8.21. The fraction of sp³-hybridized carbons (Fsp3) is 0.133. The molecule has 3 rings (SSSR count). The molecule has 6 heteroatoms. The summed E-state index contributed by atoms with van der Waals surface area (Å²) in [5.74, 6) is 0.211. The molecule has 0 radical (unpaired) electrons. The molecule has 0 bridgehead atoms. The van der Waals surface area contributed by atoms with E-state index in [1.54, 1.807) is 25.1 Å². The second-order valence-electron chi connectivity index (χ2n) is 4.97. The van der Waals surface area contributed by atoms with Gasteiger partial charge >= 0.3 is 0 Å². The minimum Gasteiger partial charge on any atom is -0.338 e. The average molecular weight is 304 g/mol. The summed E-state index contributed by atoms with van der Waals surface area (Å²) in [7, 11) is -3.36. The molecule has 1 heterocycles. The first kappa shape index (κ1) is 13.8. The number of hydrogen-bond acceptors (Lipinski definition) is 3. The molecular formula is C15H13FN2O2S. The quantitative estimate of drug-likeness (QED) is 0.791.